The summed E-state index contributed by atoms with van der Waals surface area (Å²) < 4.78 is 35.2. The quantitative estimate of drug-likeness (QED) is 0.0213. The Kier molecular flexibility index (Phi) is 49.7. The molecular weight excluding hydrogens is 866 g/mol. The number of esters is 1. The second-order valence-electron chi connectivity index (χ2n) is 19.9. The van der Waals surface area contributed by atoms with Crippen LogP contribution in [0.3, 0.4) is 0 Å². The van der Waals surface area contributed by atoms with E-state index in [1.165, 1.54) is 141 Å². The molecule has 0 rings (SSSR count). The van der Waals surface area contributed by atoms with Crippen LogP contribution >= 0.6 is 7.82 Å². The van der Waals surface area contributed by atoms with E-state index in [2.05, 4.69) is 86.8 Å². The molecule has 0 radical (unpaired) electrons. The lowest BCUT2D eigenvalue weighted by atomic mass is 10.0. The van der Waals surface area contributed by atoms with Gasteiger partial charge in [-0.25, -0.2) is 4.57 Å². The molecule has 0 aliphatic carbocycles. The average Bonchev–Trinajstić information content (AvgIpc) is 3.30. The number of rotatable bonds is 52. The number of quaternary nitrogens is 1. The van der Waals surface area contributed by atoms with Gasteiger partial charge in [-0.2, -0.15) is 0 Å². The van der Waals surface area contributed by atoms with Crippen molar-refractivity contribution < 1.29 is 37.3 Å². The molecule has 0 aliphatic heterocycles. The lowest BCUT2D eigenvalue weighted by Gasteiger charge is -2.24. The maximum absolute atomic E-state index is 12.8. The number of allylic oxidation sites excluding steroid dienone is 12. The standard InChI is InChI=1S/C59H108NO7P/c1-6-8-10-12-14-16-18-20-22-24-26-28-29-30-31-32-33-35-37-39-41-43-45-47-49-51-54-64-56-58(57-66-68(62,63)65-55-53-60(3,4)5)67-59(61)52-50-48-46-44-42-40-38-36-34-27-25-23-21-19-17-15-13-11-9-7-2/h8,10,14,16,20,22,26,28,30-31,33,35,58H,6-7,9,11-13,15,17-19,21,23-25,27,29,32,34,36-57H2,1-5H3/p+1/b10-8-,16-14-,22-20-,28-26-,31-30-,35-33-. The van der Waals surface area contributed by atoms with Crippen molar-refractivity contribution in [1.29, 1.82) is 0 Å². The Labute approximate surface area is 421 Å². The highest BCUT2D eigenvalue weighted by atomic mass is 31.2. The number of ether oxygens (including phenoxy) is 2. The third-order valence-electron chi connectivity index (χ3n) is 12.0. The van der Waals surface area contributed by atoms with Gasteiger partial charge in [0.15, 0.2) is 0 Å². The molecule has 1 N–H and O–H groups in total. The molecule has 0 aromatic heterocycles. The van der Waals surface area contributed by atoms with E-state index in [4.69, 9.17) is 18.5 Å². The number of likely N-dealkylation sites (N-methyl/N-ethyl adjacent to an activating group) is 1. The van der Waals surface area contributed by atoms with Crippen molar-refractivity contribution in [3.8, 4) is 0 Å². The van der Waals surface area contributed by atoms with Crippen LogP contribution in [-0.4, -0.2) is 75.6 Å². The number of phosphoric ester groups is 1. The molecule has 0 saturated heterocycles. The van der Waals surface area contributed by atoms with Crippen LogP contribution in [0.2, 0.25) is 0 Å². The van der Waals surface area contributed by atoms with Gasteiger partial charge in [-0.3, -0.25) is 13.8 Å². The fourth-order valence-electron chi connectivity index (χ4n) is 7.73. The number of carbonyl (C=O) groups excluding carboxylic acids is 1. The number of nitrogens with zero attached hydrogens (tertiary/aromatic N) is 1. The summed E-state index contributed by atoms with van der Waals surface area (Å²) >= 11 is 0. The van der Waals surface area contributed by atoms with E-state index in [0.29, 0.717) is 24.1 Å². The van der Waals surface area contributed by atoms with Crippen LogP contribution in [0.5, 0.6) is 0 Å². The molecule has 0 saturated carbocycles. The molecule has 0 spiro atoms. The molecule has 0 aliphatic rings. The first-order valence-electron chi connectivity index (χ1n) is 28.2. The van der Waals surface area contributed by atoms with E-state index in [9.17, 15) is 14.3 Å². The van der Waals surface area contributed by atoms with Gasteiger partial charge in [0.2, 0.25) is 0 Å². The fourth-order valence-corrected chi connectivity index (χ4v) is 8.48. The minimum Gasteiger partial charge on any atom is -0.457 e. The highest BCUT2D eigenvalue weighted by molar-refractivity contribution is 7.47. The number of phosphoric acid groups is 1. The second-order valence-corrected chi connectivity index (χ2v) is 21.4. The summed E-state index contributed by atoms with van der Waals surface area (Å²) in [5, 5.41) is 0. The minimum absolute atomic E-state index is 0.0845. The Morgan fingerprint density at radius 2 is 0.853 bits per heavy atom. The Morgan fingerprint density at radius 3 is 1.28 bits per heavy atom. The first-order chi connectivity index (χ1) is 33.1. The second kappa shape index (κ2) is 51.3. The Balaban J connectivity index is 4.12. The van der Waals surface area contributed by atoms with Gasteiger partial charge in [-0.1, -0.05) is 241 Å². The molecule has 0 fully saturated rings. The van der Waals surface area contributed by atoms with Crippen molar-refractivity contribution in [1.82, 2.24) is 0 Å². The van der Waals surface area contributed by atoms with Crippen LogP contribution in [0, 0.1) is 0 Å². The van der Waals surface area contributed by atoms with E-state index < -0.39 is 13.9 Å². The van der Waals surface area contributed by atoms with E-state index in [1.807, 2.05) is 21.1 Å². The Hall–Kier alpha value is -2.06. The minimum atomic E-state index is -4.29. The van der Waals surface area contributed by atoms with Gasteiger partial charge in [-0.05, 0) is 64.2 Å². The molecule has 0 amide bonds. The maximum atomic E-state index is 12.8. The molecule has 0 bridgehead atoms. The first-order valence-corrected chi connectivity index (χ1v) is 29.7. The van der Waals surface area contributed by atoms with Crippen LogP contribution < -0.4 is 0 Å². The van der Waals surface area contributed by atoms with Crippen molar-refractivity contribution in [3.63, 3.8) is 0 Å². The summed E-state index contributed by atoms with van der Waals surface area (Å²) in [4.78, 5) is 23.1. The van der Waals surface area contributed by atoms with Gasteiger partial charge in [0.1, 0.15) is 19.3 Å². The highest BCUT2D eigenvalue weighted by Crippen LogP contribution is 2.43. The number of unbranched alkanes of at least 4 members (excludes halogenated alkanes) is 26. The molecule has 396 valence electrons. The summed E-state index contributed by atoms with van der Waals surface area (Å²) in [6.07, 6.45) is 68.1. The van der Waals surface area contributed by atoms with Gasteiger partial charge in [0.25, 0.3) is 0 Å². The zero-order valence-electron chi connectivity index (χ0n) is 45.1. The van der Waals surface area contributed by atoms with E-state index >= 15 is 0 Å². The van der Waals surface area contributed by atoms with Gasteiger partial charge in [0, 0.05) is 13.0 Å². The van der Waals surface area contributed by atoms with Crippen LogP contribution in [0.4, 0.5) is 0 Å². The molecule has 0 heterocycles. The lowest BCUT2D eigenvalue weighted by molar-refractivity contribution is -0.870. The molecule has 9 heteroatoms. The molecule has 68 heavy (non-hydrogen) atoms. The molecule has 2 unspecified atom stereocenters. The van der Waals surface area contributed by atoms with Gasteiger partial charge < -0.3 is 18.9 Å². The third-order valence-corrected chi connectivity index (χ3v) is 13.0. The number of hydrogen-bond acceptors (Lipinski definition) is 6. The fraction of sp³-hybridized carbons (Fsp3) is 0.780. The number of carbonyl (C=O) groups is 1. The normalized spacial score (nSPS) is 14.0. The smallest absolute Gasteiger partial charge is 0.457 e. The first kappa shape index (κ1) is 65.9. The zero-order chi connectivity index (χ0) is 49.8. The van der Waals surface area contributed by atoms with Crippen molar-refractivity contribution in [2.24, 2.45) is 0 Å². The van der Waals surface area contributed by atoms with E-state index in [1.54, 1.807) is 0 Å². The predicted octanol–water partition coefficient (Wildman–Crippen LogP) is 17.8. The number of hydrogen-bond donors (Lipinski definition) is 1. The molecule has 0 aromatic rings. The molecular formula is C59H109NO7P+. The topological polar surface area (TPSA) is 91.3 Å². The third kappa shape index (κ3) is 54.9. The van der Waals surface area contributed by atoms with Crippen LogP contribution in [0.15, 0.2) is 72.9 Å². The van der Waals surface area contributed by atoms with Crippen LogP contribution in [0.1, 0.15) is 239 Å². The van der Waals surface area contributed by atoms with Crippen molar-refractivity contribution in [3.05, 3.63) is 72.9 Å². The SMILES string of the molecule is CC/C=C\C/C=C\C/C=C\C/C=C\C/C=C\C/C=C\CCCCCCCCCOCC(COP(=O)(O)OCC[N+](C)(C)C)OC(=O)CCCCCCCCCCCCCCCCCCCCCC. The molecule has 0 aromatic carbocycles. The summed E-state index contributed by atoms with van der Waals surface area (Å²) in [5.41, 5.74) is 0. The Morgan fingerprint density at radius 1 is 0.471 bits per heavy atom. The van der Waals surface area contributed by atoms with Crippen molar-refractivity contribution in [2.75, 3.05) is 54.1 Å². The monoisotopic (exact) mass is 975 g/mol. The van der Waals surface area contributed by atoms with Crippen LogP contribution in [-0.2, 0) is 27.9 Å². The van der Waals surface area contributed by atoms with Crippen molar-refractivity contribution in [2.45, 2.75) is 245 Å². The Bertz CT molecular complexity index is 1320. The summed E-state index contributed by atoms with van der Waals surface area (Å²) in [5.74, 6) is -0.316. The average molecular weight is 975 g/mol. The lowest BCUT2D eigenvalue weighted by Crippen LogP contribution is -2.37. The van der Waals surface area contributed by atoms with Gasteiger partial charge in [-0.15, -0.1) is 0 Å². The van der Waals surface area contributed by atoms with E-state index in [-0.39, 0.29) is 25.8 Å². The largest absolute Gasteiger partial charge is 0.472 e. The maximum Gasteiger partial charge on any atom is 0.472 e. The molecule has 8 nitrogen and oxygen atoms in total. The summed E-state index contributed by atoms with van der Waals surface area (Å²) in [6.45, 7) is 5.51. The van der Waals surface area contributed by atoms with Crippen LogP contribution in [0.25, 0.3) is 0 Å². The summed E-state index contributed by atoms with van der Waals surface area (Å²) in [6, 6.07) is 0. The highest BCUT2D eigenvalue weighted by Gasteiger charge is 2.26. The van der Waals surface area contributed by atoms with Gasteiger partial charge >= 0.3 is 13.8 Å². The predicted molar refractivity (Wildman–Crippen MR) is 293 cm³/mol. The van der Waals surface area contributed by atoms with Crippen molar-refractivity contribution >= 4 is 13.8 Å². The molecule has 2 atom stereocenters. The zero-order valence-corrected chi connectivity index (χ0v) is 46.0. The van der Waals surface area contributed by atoms with E-state index in [0.717, 1.165) is 77.0 Å². The summed E-state index contributed by atoms with van der Waals surface area (Å²) in [7, 11) is 1.66. The van der Waals surface area contributed by atoms with Gasteiger partial charge in [0.05, 0.1) is 34.4 Å².